The third kappa shape index (κ3) is 1.94. The number of ether oxygens (including phenoxy) is 1. The van der Waals surface area contributed by atoms with E-state index in [-0.39, 0.29) is 5.97 Å². The zero-order valence-corrected chi connectivity index (χ0v) is 11.0. The van der Waals surface area contributed by atoms with Gasteiger partial charge in [-0.2, -0.15) is 0 Å². The molecule has 1 aromatic carbocycles. The van der Waals surface area contributed by atoms with E-state index in [1.165, 1.54) is 6.92 Å². The van der Waals surface area contributed by atoms with Gasteiger partial charge in [0.15, 0.2) is 5.75 Å². The molecule has 0 radical (unpaired) electrons. The number of halogens is 2. The van der Waals surface area contributed by atoms with Crippen molar-refractivity contribution in [3.8, 4) is 5.75 Å². The largest absolute Gasteiger partial charge is 0.424 e. The smallest absolute Gasteiger partial charge is 0.308 e. The average molecular weight is 333 g/mol. The molecule has 0 aliphatic rings. The van der Waals surface area contributed by atoms with Gasteiger partial charge in [-0.25, -0.2) is 0 Å². The van der Waals surface area contributed by atoms with Crippen molar-refractivity contribution in [1.29, 1.82) is 0 Å². The Bertz CT molecular complexity index is 533. The fourth-order valence-electron chi connectivity index (χ4n) is 1.38. The summed E-state index contributed by atoms with van der Waals surface area (Å²) in [5.74, 6) is 0.202. The Morgan fingerprint density at radius 3 is 2.67 bits per heavy atom. The quantitative estimate of drug-likeness (QED) is 0.810. The first-order chi connectivity index (χ1) is 7.09. The predicted molar refractivity (Wildman–Crippen MR) is 65.0 cm³/mol. The molecule has 0 aliphatic heterocycles. The molecule has 0 unspecified atom stereocenters. The third-order valence-corrected chi connectivity index (χ3v) is 3.27. The highest BCUT2D eigenvalue weighted by Gasteiger charge is 2.12. The Morgan fingerprint density at radius 1 is 1.33 bits per heavy atom. The molecular formula is C10H7Br2NO2. The normalized spacial score (nSPS) is 10.6. The van der Waals surface area contributed by atoms with Crippen LogP contribution in [-0.2, 0) is 4.79 Å². The van der Waals surface area contributed by atoms with Crippen LogP contribution in [-0.4, -0.2) is 11.0 Å². The summed E-state index contributed by atoms with van der Waals surface area (Å²) in [4.78, 5) is 13.9. The molecule has 5 heteroatoms. The van der Waals surface area contributed by atoms with Gasteiger partial charge in [0, 0.05) is 22.1 Å². The van der Waals surface area contributed by atoms with Crippen LogP contribution >= 0.6 is 31.9 Å². The minimum atomic E-state index is -0.331. The van der Waals surface area contributed by atoms with Gasteiger partial charge in [0.2, 0.25) is 0 Å². The molecule has 1 heterocycles. The third-order valence-electron chi connectivity index (χ3n) is 1.95. The minimum Gasteiger partial charge on any atom is -0.424 e. The van der Waals surface area contributed by atoms with E-state index in [4.69, 9.17) is 4.74 Å². The van der Waals surface area contributed by atoms with Crippen LogP contribution in [0.25, 0.3) is 10.9 Å². The lowest BCUT2D eigenvalue weighted by molar-refractivity contribution is -0.131. The van der Waals surface area contributed by atoms with Crippen molar-refractivity contribution in [2.75, 3.05) is 0 Å². The molecule has 3 nitrogen and oxygen atoms in total. The fraction of sp³-hybridized carbons (Fsp3) is 0.100. The Labute approximate surface area is 103 Å². The summed E-state index contributed by atoms with van der Waals surface area (Å²) in [5, 5.41) is 0.861. The second-order valence-electron chi connectivity index (χ2n) is 3.03. The molecule has 1 N–H and O–H groups in total. The number of aromatic nitrogens is 1. The molecular weight excluding hydrogens is 326 g/mol. The lowest BCUT2D eigenvalue weighted by atomic mass is 10.2. The van der Waals surface area contributed by atoms with Crippen LogP contribution in [0.2, 0.25) is 0 Å². The summed E-state index contributed by atoms with van der Waals surface area (Å²) >= 11 is 6.84. The molecule has 0 atom stereocenters. The number of rotatable bonds is 1. The maximum absolute atomic E-state index is 10.9. The van der Waals surface area contributed by atoms with Crippen LogP contribution in [0.3, 0.4) is 0 Å². The van der Waals surface area contributed by atoms with E-state index in [2.05, 4.69) is 36.8 Å². The Balaban J connectivity index is 2.67. The topological polar surface area (TPSA) is 42.1 Å². The van der Waals surface area contributed by atoms with Crippen LogP contribution in [0.4, 0.5) is 0 Å². The molecule has 0 bridgehead atoms. The Hall–Kier alpha value is -0.810. The van der Waals surface area contributed by atoms with Gasteiger partial charge in [-0.05, 0) is 44.0 Å². The Morgan fingerprint density at radius 2 is 2.00 bits per heavy atom. The number of fused-ring (bicyclic) bond motifs is 1. The second-order valence-corrected chi connectivity index (χ2v) is 4.73. The first kappa shape index (κ1) is 10.7. The van der Waals surface area contributed by atoms with Crippen LogP contribution in [0, 0.1) is 0 Å². The van der Waals surface area contributed by atoms with E-state index in [1.807, 2.05) is 12.1 Å². The molecule has 0 saturated carbocycles. The first-order valence-corrected chi connectivity index (χ1v) is 5.81. The highest BCUT2D eigenvalue weighted by atomic mass is 79.9. The molecule has 0 fully saturated rings. The van der Waals surface area contributed by atoms with Crippen molar-refractivity contribution < 1.29 is 9.53 Å². The summed E-state index contributed by atoms with van der Waals surface area (Å²) in [6.07, 6.45) is 1.67. The van der Waals surface area contributed by atoms with Gasteiger partial charge in [-0.3, -0.25) is 4.79 Å². The summed E-state index contributed by atoms with van der Waals surface area (Å²) < 4.78 is 6.90. The molecule has 15 heavy (non-hydrogen) atoms. The van der Waals surface area contributed by atoms with Crippen LogP contribution in [0.5, 0.6) is 5.75 Å². The highest BCUT2D eigenvalue weighted by molar-refractivity contribution is 9.11. The van der Waals surface area contributed by atoms with Gasteiger partial charge >= 0.3 is 5.97 Å². The SMILES string of the molecule is CC(=O)Oc1c[nH]c2c(Br)ccc(Br)c12. The number of nitrogens with one attached hydrogen (secondary N) is 1. The van der Waals surface area contributed by atoms with Crippen molar-refractivity contribution in [3.63, 3.8) is 0 Å². The monoisotopic (exact) mass is 331 g/mol. The van der Waals surface area contributed by atoms with Crippen molar-refractivity contribution in [3.05, 3.63) is 27.3 Å². The standard InChI is InChI=1S/C10H7Br2NO2/c1-5(14)15-8-4-13-10-7(12)3-2-6(11)9(8)10/h2-4,13H,1H3. The number of hydrogen-bond donors (Lipinski definition) is 1. The van der Waals surface area contributed by atoms with E-state index >= 15 is 0 Å². The van der Waals surface area contributed by atoms with Crippen molar-refractivity contribution in [2.24, 2.45) is 0 Å². The zero-order valence-electron chi connectivity index (χ0n) is 7.80. The number of aromatic amines is 1. The second kappa shape index (κ2) is 3.98. The lowest BCUT2D eigenvalue weighted by Gasteiger charge is -2.01. The van der Waals surface area contributed by atoms with E-state index < -0.39 is 0 Å². The number of hydrogen-bond acceptors (Lipinski definition) is 2. The maximum Gasteiger partial charge on any atom is 0.308 e. The summed E-state index contributed by atoms with van der Waals surface area (Å²) in [6, 6.07) is 3.81. The van der Waals surface area contributed by atoms with E-state index in [1.54, 1.807) is 6.20 Å². The molecule has 2 aromatic rings. The predicted octanol–water partition coefficient (Wildman–Crippen LogP) is 3.62. The molecule has 2 rings (SSSR count). The van der Waals surface area contributed by atoms with E-state index in [0.29, 0.717) is 5.75 Å². The lowest BCUT2D eigenvalue weighted by Crippen LogP contribution is -2.00. The zero-order chi connectivity index (χ0) is 11.0. The van der Waals surface area contributed by atoms with Gasteiger partial charge in [0.05, 0.1) is 10.9 Å². The average Bonchev–Trinajstić information content (AvgIpc) is 2.56. The highest BCUT2D eigenvalue weighted by Crippen LogP contribution is 2.36. The molecule has 0 saturated heterocycles. The summed E-state index contributed by atoms with van der Waals surface area (Å²) in [7, 11) is 0. The molecule has 78 valence electrons. The number of esters is 1. The number of carbonyl (C=O) groups is 1. The number of benzene rings is 1. The number of H-pyrrole nitrogens is 1. The van der Waals surface area contributed by atoms with Crippen molar-refractivity contribution >= 4 is 48.7 Å². The van der Waals surface area contributed by atoms with Crippen molar-refractivity contribution in [2.45, 2.75) is 6.92 Å². The molecule has 0 spiro atoms. The summed E-state index contributed by atoms with van der Waals surface area (Å²) in [6.45, 7) is 1.38. The molecule has 0 amide bonds. The van der Waals surface area contributed by atoms with Crippen LogP contribution in [0.15, 0.2) is 27.3 Å². The first-order valence-electron chi connectivity index (χ1n) is 4.23. The molecule has 0 aliphatic carbocycles. The van der Waals surface area contributed by atoms with Crippen molar-refractivity contribution in [1.82, 2.24) is 4.98 Å². The van der Waals surface area contributed by atoms with Crippen LogP contribution < -0.4 is 4.74 Å². The van der Waals surface area contributed by atoms with Crippen LogP contribution in [0.1, 0.15) is 6.92 Å². The summed E-state index contributed by atoms with van der Waals surface area (Å²) in [5.41, 5.74) is 0.903. The van der Waals surface area contributed by atoms with Gasteiger partial charge in [0.25, 0.3) is 0 Å². The van der Waals surface area contributed by atoms with Gasteiger partial charge < -0.3 is 9.72 Å². The van der Waals surface area contributed by atoms with E-state index in [0.717, 1.165) is 19.8 Å². The fourth-order valence-corrected chi connectivity index (χ4v) is 2.35. The maximum atomic E-state index is 10.9. The Kier molecular flexibility index (Phi) is 2.84. The van der Waals surface area contributed by atoms with Gasteiger partial charge in [0.1, 0.15) is 0 Å². The van der Waals surface area contributed by atoms with Gasteiger partial charge in [-0.1, -0.05) is 0 Å². The van der Waals surface area contributed by atoms with E-state index in [9.17, 15) is 4.79 Å². The molecule has 1 aromatic heterocycles. The van der Waals surface area contributed by atoms with Gasteiger partial charge in [-0.15, -0.1) is 0 Å². The minimum absolute atomic E-state index is 0.331. The number of carbonyl (C=O) groups excluding carboxylic acids is 1.